The van der Waals surface area contributed by atoms with Crippen LogP contribution in [0.15, 0.2) is 67.0 Å². The fourth-order valence-electron chi connectivity index (χ4n) is 2.70. The molecule has 0 fully saturated rings. The van der Waals surface area contributed by atoms with Crippen molar-refractivity contribution < 1.29 is 9.59 Å². The summed E-state index contributed by atoms with van der Waals surface area (Å²) in [6.07, 6.45) is 2.89. The number of aromatic nitrogens is 1. The molecule has 0 spiro atoms. The quantitative estimate of drug-likeness (QED) is 0.690. The monoisotopic (exact) mass is 393 g/mol. The Labute approximate surface area is 169 Å². The smallest absolute Gasteiger partial charge is 0.257 e. The summed E-state index contributed by atoms with van der Waals surface area (Å²) in [5.41, 5.74) is 3.19. The van der Waals surface area contributed by atoms with E-state index in [1.807, 2.05) is 43.3 Å². The molecule has 0 unspecified atom stereocenters. The standard InChI is InChI=1S/C22H20ClN3O2/c1-15-8-9-19(11-20(15)23)25-21(27)17-10-18(13-24-12-17)22(28)26(2)14-16-6-4-3-5-7-16/h3-13H,14H2,1-2H3,(H,25,27). The molecule has 0 saturated carbocycles. The lowest BCUT2D eigenvalue weighted by Crippen LogP contribution is -2.26. The maximum Gasteiger partial charge on any atom is 0.257 e. The van der Waals surface area contributed by atoms with Crippen LogP contribution in [0, 0.1) is 6.92 Å². The highest BCUT2D eigenvalue weighted by molar-refractivity contribution is 6.31. The van der Waals surface area contributed by atoms with Gasteiger partial charge in [0.2, 0.25) is 0 Å². The zero-order chi connectivity index (χ0) is 20.1. The van der Waals surface area contributed by atoms with Crippen LogP contribution in [0.4, 0.5) is 5.69 Å². The average Bonchev–Trinajstić information content (AvgIpc) is 2.71. The van der Waals surface area contributed by atoms with Gasteiger partial charge in [-0.25, -0.2) is 0 Å². The summed E-state index contributed by atoms with van der Waals surface area (Å²) in [5.74, 6) is -0.558. The van der Waals surface area contributed by atoms with E-state index < -0.39 is 0 Å². The van der Waals surface area contributed by atoms with Crippen molar-refractivity contribution in [3.63, 3.8) is 0 Å². The molecule has 5 nitrogen and oxygen atoms in total. The van der Waals surface area contributed by atoms with E-state index in [1.54, 1.807) is 30.1 Å². The van der Waals surface area contributed by atoms with Crippen LogP contribution in [0.3, 0.4) is 0 Å². The molecule has 6 heteroatoms. The largest absolute Gasteiger partial charge is 0.337 e. The molecule has 0 aliphatic rings. The minimum atomic E-state index is -0.354. The zero-order valence-electron chi connectivity index (χ0n) is 15.6. The van der Waals surface area contributed by atoms with Gasteiger partial charge in [0.25, 0.3) is 11.8 Å². The lowest BCUT2D eigenvalue weighted by molar-refractivity contribution is 0.0784. The predicted octanol–water partition coefficient (Wildman–Crippen LogP) is 4.57. The minimum Gasteiger partial charge on any atom is -0.337 e. The number of carbonyl (C=O) groups is 2. The number of nitrogens with one attached hydrogen (secondary N) is 1. The highest BCUT2D eigenvalue weighted by Gasteiger charge is 2.15. The van der Waals surface area contributed by atoms with E-state index >= 15 is 0 Å². The SMILES string of the molecule is Cc1ccc(NC(=O)c2cncc(C(=O)N(C)Cc3ccccc3)c2)cc1Cl. The number of amides is 2. The Bertz CT molecular complexity index is 1010. The van der Waals surface area contributed by atoms with Gasteiger partial charge >= 0.3 is 0 Å². The first-order chi connectivity index (χ1) is 13.4. The number of hydrogen-bond acceptors (Lipinski definition) is 3. The van der Waals surface area contributed by atoms with Crippen LogP contribution in [0.25, 0.3) is 0 Å². The molecule has 142 valence electrons. The average molecular weight is 394 g/mol. The molecule has 1 aromatic heterocycles. The van der Waals surface area contributed by atoms with E-state index in [-0.39, 0.29) is 11.8 Å². The highest BCUT2D eigenvalue weighted by atomic mass is 35.5. The Hall–Kier alpha value is -3.18. The molecular weight excluding hydrogens is 374 g/mol. The van der Waals surface area contributed by atoms with E-state index in [2.05, 4.69) is 10.3 Å². The van der Waals surface area contributed by atoms with Gasteiger partial charge in [0.15, 0.2) is 0 Å². The molecule has 3 aromatic rings. The summed E-state index contributed by atoms with van der Waals surface area (Å²) in [6.45, 7) is 2.36. The summed E-state index contributed by atoms with van der Waals surface area (Å²) in [5, 5.41) is 3.34. The molecule has 3 rings (SSSR count). The van der Waals surface area contributed by atoms with Crippen LogP contribution in [0.2, 0.25) is 5.02 Å². The molecule has 0 aliphatic heterocycles. The van der Waals surface area contributed by atoms with Crippen LogP contribution in [-0.4, -0.2) is 28.7 Å². The van der Waals surface area contributed by atoms with Gasteiger partial charge in [-0.05, 0) is 36.2 Å². The third-order valence-corrected chi connectivity index (χ3v) is 4.69. The molecule has 2 amide bonds. The topological polar surface area (TPSA) is 62.3 Å². The van der Waals surface area contributed by atoms with Crippen LogP contribution in [0.1, 0.15) is 31.8 Å². The van der Waals surface area contributed by atoms with Crippen molar-refractivity contribution in [2.24, 2.45) is 0 Å². The number of aryl methyl sites for hydroxylation is 1. The summed E-state index contributed by atoms with van der Waals surface area (Å²) in [4.78, 5) is 30.9. The third kappa shape index (κ3) is 4.75. The fraction of sp³-hybridized carbons (Fsp3) is 0.136. The number of halogens is 1. The molecule has 0 bridgehead atoms. The Morgan fingerprint density at radius 3 is 2.46 bits per heavy atom. The molecule has 0 atom stereocenters. The number of nitrogens with zero attached hydrogens (tertiary/aromatic N) is 2. The first kappa shape index (κ1) is 19.6. The van der Waals surface area contributed by atoms with Crippen molar-refractivity contribution in [3.05, 3.63) is 94.3 Å². The van der Waals surface area contributed by atoms with Crippen molar-refractivity contribution in [1.82, 2.24) is 9.88 Å². The van der Waals surface area contributed by atoms with Crippen LogP contribution in [-0.2, 0) is 6.54 Å². The zero-order valence-corrected chi connectivity index (χ0v) is 16.4. The molecule has 28 heavy (non-hydrogen) atoms. The summed E-state index contributed by atoms with van der Waals surface area (Å²) in [7, 11) is 1.72. The second kappa shape index (κ2) is 8.67. The molecule has 1 heterocycles. The summed E-state index contributed by atoms with van der Waals surface area (Å²) >= 11 is 6.10. The van der Waals surface area contributed by atoms with Gasteiger partial charge in [-0.1, -0.05) is 48.0 Å². The first-order valence-corrected chi connectivity index (χ1v) is 9.14. The molecule has 0 aliphatic carbocycles. The van der Waals surface area contributed by atoms with Gasteiger partial charge in [0.05, 0.1) is 11.1 Å². The second-order valence-electron chi connectivity index (χ2n) is 6.53. The van der Waals surface area contributed by atoms with E-state index in [4.69, 9.17) is 11.6 Å². The van der Waals surface area contributed by atoms with Gasteiger partial charge in [-0.15, -0.1) is 0 Å². The Morgan fingerprint density at radius 2 is 1.75 bits per heavy atom. The maximum atomic E-state index is 12.7. The first-order valence-electron chi connectivity index (χ1n) is 8.76. The van der Waals surface area contributed by atoms with E-state index in [9.17, 15) is 9.59 Å². The van der Waals surface area contributed by atoms with Gasteiger partial charge in [0, 0.05) is 36.7 Å². The maximum absolute atomic E-state index is 12.7. The Morgan fingerprint density at radius 1 is 1.04 bits per heavy atom. The van der Waals surface area contributed by atoms with Gasteiger partial charge in [-0.3, -0.25) is 14.6 Å². The number of pyridine rings is 1. The molecule has 2 aromatic carbocycles. The Kier molecular flexibility index (Phi) is 6.06. The van der Waals surface area contributed by atoms with E-state index in [1.165, 1.54) is 12.4 Å². The van der Waals surface area contributed by atoms with Gasteiger partial charge in [-0.2, -0.15) is 0 Å². The molecule has 1 N–H and O–H groups in total. The lowest BCUT2D eigenvalue weighted by atomic mass is 10.1. The Balaban J connectivity index is 1.72. The number of benzene rings is 2. The fourth-order valence-corrected chi connectivity index (χ4v) is 2.88. The number of carbonyl (C=O) groups excluding carboxylic acids is 2. The summed E-state index contributed by atoms with van der Waals surface area (Å²) in [6, 6.07) is 16.5. The van der Waals surface area contributed by atoms with Crippen molar-refractivity contribution >= 4 is 29.1 Å². The molecular formula is C22H20ClN3O2. The highest BCUT2D eigenvalue weighted by Crippen LogP contribution is 2.20. The van der Waals surface area contributed by atoms with Crippen LogP contribution >= 0.6 is 11.6 Å². The lowest BCUT2D eigenvalue weighted by Gasteiger charge is -2.17. The number of hydrogen-bond donors (Lipinski definition) is 1. The van der Waals surface area contributed by atoms with Crippen LogP contribution in [0.5, 0.6) is 0 Å². The number of rotatable bonds is 5. The van der Waals surface area contributed by atoms with Gasteiger partial charge < -0.3 is 10.2 Å². The van der Waals surface area contributed by atoms with E-state index in [0.29, 0.717) is 28.4 Å². The van der Waals surface area contributed by atoms with Gasteiger partial charge in [0.1, 0.15) is 0 Å². The van der Waals surface area contributed by atoms with Crippen molar-refractivity contribution in [2.45, 2.75) is 13.5 Å². The predicted molar refractivity (Wildman–Crippen MR) is 111 cm³/mol. The van der Waals surface area contributed by atoms with Crippen molar-refractivity contribution in [1.29, 1.82) is 0 Å². The van der Waals surface area contributed by atoms with E-state index in [0.717, 1.165) is 11.1 Å². The third-order valence-electron chi connectivity index (χ3n) is 4.29. The molecule has 0 radical (unpaired) electrons. The van der Waals surface area contributed by atoms with Crippen LogP contribution < -0.4 is 5.32 Å². The minimum absolute atomic E-state index is 0.204. The van der Waals surface area contributed by atoms with Crippen molar-refractivity contribution in [2.75, 3.05) is 12.4 Å². The normalized spacial score (nSPS) is 10.4. The molecule has 0 saturated heterocycles. The second-order valence-corrected chi connectivity index (χ2v) is 6.93. The number of anilines is 1. The summed E-state index contributed by atoms with van der Waals surface area (Å²) < 4.78 is 0. The van der Waals surface area contributed by atoms with Crippen molar-refractivity contribution in [3.8, 4) is 0 Å².